The van der Waals surface area contributed by atoms with E-state index in [1.165, 1.54) is 16.8 Å². The quantitative estimate of drug-likeness (QED) is 0.795. The van der Waals surface area contributed by atoms with Crippen molar-refractivity contribution in [3.05, 3.63) is 65.2 Å². The number of carbonyl (C=O) groups is 1. The summed E-state index contributed by atoms with van der Waals surface area (Å²) in [4.78, 5) is 17.0. The van der Waals surface area contributed by atoms with Crippen LogP contribution in [0.5, 0.6) is 0 Å². The van der Waals surface area contributed by atoms with E-state index in [0.29, 0.717) is 18.9 Å². The Hall–Kier alpha value is -2.33. The Balaban J connectivity index is 1.41. The highest BCUT2D eigenvalue weighted by molar-refractivity contribution is 5.76. The largest absolute Gasteiger partial charge is 0.369 e. The van der Waals surface area contributed by atoms with Gasteiger partial charge in [-0.3, -0.25) is 4.79 Å². The molecule has 0 unspecified atom stereocenters. The van der Waals surface area contributed by atoms with E-state index in [2.05, 4.69) is 84.5 Å². The SMILES string of the molecule is CC(C)c1ccc(CCC(=O)NCc2ccc(N3CCN(C)CC3)cc2)cc1. The molecule has 4 heteroatoms. The van der Waals surface area contributed by atoms with Crippen LogP contribution >= 0.6 is 0 Å². The summed E-state index contributed by atoms with van der Waals surface area (Å²) in [6.07, 6.45) is 1.31. The first-order chi connectivity index (χ1) is 13.5. The number of piperazine rings is 1. The highest BCUT2D eigenvalue weighted by atomic mass is 16.1. The second-order valence-electron chi connectivity index (χ2n) is 8.13. The van der Waals surface area contributed by atoms with E-state index in [1.54, 1.807) is 0 Å². The minimum absolute atomic E-state index is 0.107. The molecule has 1 aliphatic heterocycles. The number of hydrogen-bond acceptors (Lipinski definition) is 3. The lowest BCUT2D eigenvalue weighted by molar-refractivity contribution is -0.121. The van der Waals surface area contributed by atoms with Gasteiger partial charge in [0, 0.05) is 44.8 Å². The number of aryl methyl sites for hydroxylation is 1. The van der Waals surface area contributed by atoms with Crippen molar-refractivity contribution in [2.45, 2.75) is 39.2 Å². The lowest BCUT2D eigenvalue weighted by Crippen LogP contribution is -2.44. The van der Waals surface area contributed by atoms with Crippen molar-refractivity contribution < 1.29 is 4.79 Å². The summed E-state index contributed by atoms with van der Waals surface area (Å²) in [7, 11) is 2.17. The minimum atomic E-state index is 0.107. The third-order valence-electron chi connectivity index (χ3n) is 5.58. The van der Waals surface area contributed by atoms with Crippen molar-refractivity contribution >= 4 is 11.6 Å². The molecule has 0 radical (unpaired) electrons. The minimum Gasteiger partial charge on any atom is -0.369 e. The average Bonchev–Trinajstić information content (AvgIpc) is 2.72. The fourth-order valence-corrected chi connectivity index (χ4v) is 3.51. The van der Waals surface area contributed by atoms with Crippen molar-refractivity contribution in [2.75, 3.05) is 38.1 Å². The molecule has 0 saturated carbocycles. The van der Waals surface area contributed by atoms with Gasteiger partial charge in [0.15, 0.2) is 0 Å². The normalized spacial score (nSPS) is 15.1. The van der Waals surface area contributed by atoms with E-state index in [9.17, 15) is 4.79 Å². The summed E-state index contributed by atoms with van der Waals surface area (Å²) < 4.78 is 0. The van der Waals surface area contributed by atoms with Gasteiger partial charge in [0.2, 0.25) is 5.91 Å². The van der Waals surface area contributed by atoms with Crippen LogP contribution in [0.4, 0.5) is 5.69 Å². The predicted octanol–water partition coefficient (Wildman–Crippen LogP) is 3.81. The van der Waals surface area contributed by atoms with Crippen LogP contribution in [0.1, 0.15) is 42.9 Å². The molecule has 1 N–H and O–H groups in total. The first-order valence-electron chi connectivity index (χ1n) is 10.4. The number of likely N-dealkylation sites (N-methyl/N-ethyl adjacent to an activating group) is 1. The zero-order chi connectivity index (χ0) is 19.9. The van der Waals surface area contributed by atoms with Crippen molar-refractivity contribution in [2.24, 2.45) is 0 Å². The van der Waals surface area contributed by atoms with E-state index in [1.807, 2.05) is 0 Å². The smallest absolute Gasteiger partial charge is 0.220 e. The van der Waals surface area contributed by atoms with Crippen LogP contribution in [-0.4, -0.2) is 44.0 Å². The van der Waals surface area contributed by atoms with Crippen LogP contribution in [0, 0.1) is 0 Å². The third-order valence-corrected chi connectivity index (χ3v) is 5.58. The molecule has 1 heterocycles. The molecule has 0 bridgehead atoms. The molecule has 1 aliphatic rings. The van der Waals surface area contributed by atoms with Crippen LogP contribution in [0.3, 0.4) is 0 Å². The molecular weight excluding hydrogens is 346 g/mol. The van der Waals surface area contributed by atoms with E-state index < -0.39 is 0 Å². The van der Waals surface area contributed by atoms with Gasteiger partial charge in [0.05, 0.1) is 0 Å². The van der Waals surface area contributed by atoms with Crippen LogP contribution in [-0.2, 0) is 17.8 Å². The van der Waals surface area contributed by atoms with Crippen molar-refractivity contribution in [1.82, 2.24) is 10.2 Å². The molecule has 150 valence electrons. The van der Waals surface area contributed by atoms with Crippen LogP contribution in [0.2, 0.25) is 0 Å². The van der Waals surface area contributed by atoms with Crippen LogP contribution < -0.4 is 10.2 Å². The molecule has 1 amide bonds. The Kier molecular flexibility index (Phi) is 7.10. The van der Waals surface area contributed by atoms with E-state index in [-0.39, 0.29) is 5.91 Å². The van der Waals surface area contributed by atoms with E-state index in [0.717, 1.165) is 38.2 Å². The molecule has 0 spiro atoms. The van der Waals surface area contributed by atoms with Gasteiger partial charge in [-0.15, -0.1) is 0 Å². The zero-order valence-electron chi connectivity index (χ0n) is 17.4. The maximum atomic E-state index is 12.2. The summed E-state index contributed by atoms with van der Waals surface area (Å²) in [6.45, 7) is 9.35. The number of rotatable bonds is 7. The van der Waals surface area contributed by atoms with Gasteiger partial charge in [0.25, 0.3) is 0 Å². The maximum Gasteiger partial charge on any atom is 0.220 e. The van der Waals surface area contributed by atoms with Crippen LogP contribution in [0.25, 0.3) is 0 Å². The number of amides is 1. The fraction of sp³-hybridized carbons (Fsp3) is 0.458. The maximum absolute atomic E-state index is 12.2. The van der Waals surface area contributed by atoms with Gasteiger partial charge >= 0.3 is 0 Å². The Morgan fingerprint density at radius 1 is 0.929 bits per heavy atom. The number of nitrogens with one attached hydrogen (secondary N) is 1. The number of hydrogen-bond donors (Lipinski definition) is 1. The van der Waals surface area contributed by atoms with Crippen molar-refractivity contribution in [1.29, 1.82) is 0 Å². The topological polar surface area (TPSA) is 35.6 Å². The molecule has 1 fully saturated rings. The monoisotopic (exact) mass is 379 g/mol. The third kappa shape index (κ3) is 5.83. The molecule has 28 heavy (non-hydrogen) atoms. The molecular formula is C24H33N3O. The predicted molar refractivity (Wildman–Crippen MR) is 117 cm³/mol. The zero-order valence-corrected chi connectivity index (χ0v) is 17.4. The Morgan fingerprint density at radius 2 is 1.54 bits per heavy atom. The first-order valence-corrected chi connectivity index (χ1v) is 10.4. The summed E-state index contributed by atoms with van der Waals surface area (Å²) in [6, 6.07) is 17.2. The molecule has 0 aromatic heterocycles. The number of carbonyl (C=O) groups excluding carboxylic acids is 1. The van der Waals surface area contributed by atoms with Crippen LogP contribution in [0.15, 0.2) is 48.5 Å². The fourth-order valence-electron chi connectivity index (χ4n) is 3.51. The van der Waals surface area contributed by atoms with Gasteiger partial charge < -0.3 is 15.1 Å². The van der Waals surface area contributed by atoms with Crippen molar-refractivity contribution in [3.8, 4) is 0 Å². The Bertz CT molecular complexity index is 744. The molecule has 2 aromatic rings. The van der Waals surface area contributed by atoms with Crippen molar-refractivity contribution in [3.63, 3.8) is 0 Å². The standard InChI is InChI=1S/C24H33N3O/c1-19(2)22-9-4-20(5-10-22)8-13-24(28)25-18-21-6-11-23(12-7-21)27-16-14-26(3)15-17-27/h4-7,9-12,19H,8,13-18H2,1-3H3,(H,25,28). The molecule has 3 rings (SSSR count). The molecule has 1 saturated heterocycles. The van der Waals surface area contributed by atoms with Gasteiger partial charge in [-0.25, -0.2) is 0 Å². The summed E-state index contributed by atoms with van der Waals surface area (Å²) in [5.41, 5.74) is 4.98. The Morgan fingerprint density at radius 3 is 2.14 bits per heavy atom. The summed E-state index contributed by atoms with van der Waals surface area (Å²) >= 11 is 0. The molecule has 0 atom stereocenters. The highest BCUT2D eigenvalue weighted by Crippen LogP contribution is 2.17. The lowest BCUT2D eigenvalue weighted by Gasteiger charge is -2.34. The molecule has 4 nitrogen and oxygen atoms in total. The second-order valence-corrected chi connectivity index (χ2v) is 8.13. The number of nitrogens with zero attached hydrogens (tertiary/aromatic N) is 2. The second kappa shape index (κ2) is 9.74. The number of benzene rings is 2. The first kappa shape index (κ1) is 20.4. The summed E-state index contributed by atoms with van der Waals surface area (Å²) in [5, 5.41) is 3.04. The van der Waals surface area contributed by atoms with Gasteiger partial charge in [-0.1, -0.05) is 50.2 Å². The number of anilines is 1. The molecule has 0 aliphatic carbocycles. The van der Waals surface area contributed by atoms with Gasteiger partial charge in [0.1, 0.15) is 0 Å². The van der Waals surface area contributed by atoms with Gasteiger partial charge in [-0.05, 0) is 48.2 Å². The summed E-state index contributed by atoms with van der Waals surface area (Å²) in [5.74, 6) is 0.649. The lowest BCUT2D eigenvalue weighted by atomic mass is 10.0. The van der Waals surface area contributed by atoms with E-state index in [4.69, 9.17) is 0 Å². The highest BCUT2D eigenvalue weighted by Gasteiger charge is 2.14. The molecule has 2 aromatic carbocycles. The van der Waals surface area contributed by atoms with Gasteiger partial charge in [-0.2, -0.15) is 0 Å². The van der Waals surface area contributed by atoms with E-state index >= 15 is 0 Å². The average molecular weight is 380 g/mol. The Labute approximate surface area is 169 Å².